The number of nitrogens with zero attached hydrogens (tertiary/aromatic N) is 2. The smallest absolute Gasteiger partial charge is 0.217 e. The predicted octanol–water partition coefficient (Wildman–Crippen LogP) is 2.10. The van der Waals surface area contributed by atoms with Gasteiger partial charge in [-0.2, -0.15) is 0 Å². The topological polar surface area (TPSA) is 92.9 Å². The zero-order valence-corrected chi connectivity index (χ0v) is 12.6. The number of primary amides is 1. The lowest BCUT2D eigenvalue weighted by Crippen LogP contribution is -2.12. The van der Waals surface area contributed by atoms with Crippen LogP contribution in [-0.4, -0.2) is 29.0 Å². The molecule has 0 spiro atoms. The molecule has 0 saturated carbocycles. The third kappa shape index (κ3) is 5.86. The Morgan fingerprint density at radius 3 is 2.45 bits per heavy atom. The fourth-order valence-electron chi connectivity index (χ4n) is 1.73. The van der Waals surface area contributed by atoms with E-state index in [0.717, 1.165) is 43.4 Å². The van der Waals surface area contributed by atoms with E-state index in [-0.39, 0.29) is 11.8 Å². The second-order valence-electron chi connectivity index (χ2n) is 5.03. The van der Waals surface area contributed by atoms with E-state index in [9.17, 15) is 4.79 Å². The van der Waals surface area contributed by atoms with Gasteiger partial charge in [0.1, 0.15) is 17.5 Å². The first-order valence-electron chi connectivity index (χ1n) is 7.18. The monoisotopic (exact) mass is 279 g/mol. The van der Waals surface area contributed by atoms with Gasteiger partial charge in [-0.1, -0.05) is 13.8 Å². The van der Waals surface area contributed by atoms with Crippen LogP contribution in [0.25, 0.3) is 0 Å². The van der Waals surface area contributed by atoms with Crippen molar-refractivity contribution in [3.63, 3.8) is 0 Å². The molecular formula is C14H25N5O. The number of aromatic nitrogens is 2. The fourth-order valence-corrected chi connectivity index (χ4v) is 1.73. The molecule has 0 aliphatic rings. The van der Waals surface area contributed by atoms with Crippen molar-refractivity contribution in [2.45, 2.75) is 46.0 Å². The van der Waals surface area contributed by atoms with Crippen LogP contribution in [0.2, 0.25) is 0 Å². The summed E-state index contributed by atoms with van der Waals surface area (Å²) in [7, 11) is 0. The number of unbranched alkanes of at least 4 members (excludes halogenated alkanes) is 1. The highest BCUT2D eigenvalue weighted by Crippen LogP contribution is 2.17. The molecule has 20 heavy (non-hydrogen) atoms. The highest BCUT2D eigenvalue weighted by molar-refractivity contribution is 5.73. The van der Waals surface area contributed by atoms with Crippen LogP contribution in [0.15, 0.2) is 6.07 Å². The third-order valence-electron chi connectivity index (χ3n) is 2.77. The van der Waals surface area contributed by atoms with Crippen LogP contribution in [0, 0.1) is 0 Å². The Morgan fingerprint density at radius 2 is 1.90 bits per heavy atom. The van der Waals surface area contributed by atoms with E-state index in [1.807, 2.05) is 13.0 Å². The van der Waals surface area contributed by atoms with Crippen molar-refractivity contribution in [3.05, 3.63) is 11.9 Å². The Hall–Kier alpha value is -1.85. The molecule has 6 heteroatoms. The Balaban J connectivity index is 2.57. The lowest BCUT2D eigenvalue weighted by Gasteiger charge is -2.12. The van der Waals surface area contributed by atoms with Gasteiger partial charge < -0.3 is 16.4 Å². The summed E-state index contributed by atoms with van der Waals surface area (Å²) in [6.45, 7) is 7.78. The average molecular weight is 279 g/mol. The molecule has 1 heterocycles. The largest absolute Gasteiger partial charge is 0.370 e. The predicted molar refractivity (Wildman–Crippen MR) is 81.8 cm³/mol. The third-order valence-corrected chi connectivity index (χ3v) is 2.77. The molecule has 0 aliphatic carbocycles. The van der Waals surface area contributed by atoms with Crippen LogP contribution < -0.4 is 16.4 Å². The maximum absolute atomic E-state index is 10.6. The molecule has 0 atom stereocenters. The molecular weight excluding hydrogens is 254 g/mol. The lowest BCUT2D eigenvalue weighted by molar-refractivity contribution is -0.118. The van der Waals surface area contributed by atoms with Crippen LogP contribution in [0.5, 0.6) is 0 Å². The van der Waals surface area contributed by atoms with Crippen molar-refractivity contribution < 1.29 is 4.79 Å². The van der Waals surface area contributed by atoms with Gasteiger partial charge in [-0.05, 0) is 19.8 Å². The lowest BCUT2D eigenvalue weighted by atomic mass is 10.2. The second kappa shape index (κ2) is 8.35. The van der Waals surface area contributed by atoms with Gasteiger partial charge in [0.25, 0.3) is 0 Å². The molecule has 0 saturated heterocycles. The highest BCUT2D eigenvalue weighted by Gasteiger charge is 2.07. The van der Waals surface area contributed by atoms with Gasteiger partial charge >= 0.3 is 0 Å². The summed E-state index contributed by atoms with van der Waals surface area (Å²) >= 11 is 0. The fraction of sp³-hybridized carbons (Fsp3) is 0.643. The number of carbonyl (C=O) groups excluding carboxylic acids is 1. The number of amides is 1. The Labute approximate surface area is 120 Å². The summed E-state index contributed by atoms with van der Waals surface area (Å²) in [6.07, 6.45) is 2.12. The van der Waals surface area contributed by atoms with E-state index < -0.39 is 0 Å². The summed E-state index contributed by atoms with van der Waals surface area (Å²) in [5, 5.41) is 6.48. The standard InChI is InChI=1S/C14H25N5O/c1-4-16-12-9-13(19-14(18-12)10(2)3)17-8-6-5-7-11(15)20/h9-10H,4-8H2,1-3H3,(H2,15,20)(H2,16,17,18,19). The molecule has 0 bridgehead atoms. The van der Waals surface area contributed by atoms with Crippen molar-refractivity contribution in [1.29, 1.82) is 0 Å². The van der Waals surface area contributed by atoms with Crippen LogP contribution in [0.4, 0.5) is 11.6 Å². The Kier molecular flexibility index (Phi) is 6.76. The molecule has 1 aromatic rings. The molecule has 0 radical (unpaired) electrons. The van der Waals surface area contributed by atoms with Gasteiger partial charge in [0.15, 0.2) is 0 Å². The summed E-state index contributed by atoms with van der Waals surface area (Å²) in [4.78, 5) is 19.6. The van der Waals surface area contributed by atoms with Crippen LogP contribution in [0.3, 0.4) is 0 Å². The number of nitrogens with one attached hydrogen (secondary N) is 2. The molecule has 112 valence electrons. The van der Waals surface area contributed by atoms with Crippen molar-refractivity contribution >= 4 is 17.5 Å². The zero-order chi connectivity index (χ0) is 15.0. The number of rotatable bonds is 9. The van der Waals surface area contributed by atoms with Crippen LogP contribution in [0.1, 0.15) is 51.8 Å². The minimum atomic E-state index is -0.247. The van der Waals surface area contributed by atoms with Crippen LogP contribution in [-0.2, 0) is 4.79 Å². The molecule has 1 amide bonds. The van der Waals surface area contributed by atoms with Gasteiger partial charge in [0.05, 0.1) is 0 Å². The summed E-state index contributed by atoms with van der Waals surface area (Å²) in [5.74, 6) is 2.51. The molecule has 4 N–H and O–H groups in total. The van der Waals surface area contributed by atoms with E-state index in [1.165, 1.54) is 0 Å². The number of anilines is 2. The quantitative estimate of drug-likeness (QED) is 0.602. The molecule has 1 aromatic heterocycles. The van der Waals surface area contributed by atoms with E-state index in [4.69, 9.17) is 5.73 Å². The highest BCUT2D eigenvalue weighted by atomic mass is 16.1. The van der Waals surface area contributed by atoms with Crippen molar-refractivity contribution in [2.75, 3.05) is 23.7 Å². The summed E-state index contributed by atoms with van der Waals surface area (Å²) in [6, 6.07) is 1.91. The minimum Gasteiger partial charge on any atom is -0.370 e. The summed E-state index contributed by atoms with van der Waals surface area (Å²) < 4.78 is 0. The number of hydrogen-bond acceptors (Lipinski definition) is 5. The molecule has 1 rings (SSSR count). The van der Waals surface area contributed by atoms with Gasteiger partial charge in [0, 0.05) is 31.5 Å². The minimum absolute atomic E-state index is 0.247. The van der Waals surface area contributed by atoms with Gasteiger partial charge in [-0.15, -0.1) is 0 Å². The number of hydrogen-bond donors (Lipinski definition) is 3. The second-order valence-corrected chi connectivity index (χ2v) is 5.03. The number of carbonyl (C=O) groups is 1. The van der Waals surface area contributed by atoms with Gasteiger partial charge in [-0.3, -0.25) is 4.79 Å². The van der Waals surface area contributed by atoms with Gasteiger partial charge in [-0.25, -0.2) is 9.97 Å². The van der Waals surface area contributed by atoms with E-state index in [0.29, 0.717) is 6.42 Å². The van der Waals surface area contributed by atoms with E-state index in [2.05, 4.69) is 34.4 Å². The SMILES string of the molecule is CCNc1cc(NCCCCC(N)=O)nc(C(C)C)n1. The van der Waals surface area contributed by atoms with Crippen LogP contribution >= 0.6 is 0 Å². The maximum atomic E-state index is 10.6. The van der Waals surface area contributed by atoms with Crippen molar-refractivity contribution in [1.82, 2.24) is 9.97 Å². The van der Waals surface area contributed by atoms with Gasteiger partial charge in [0.2, 0.25) is 5.91 Å². The normalized spacial score (nSPS) is 10.6. The maximum Gasteiger partial charge on any atom is 0.217 e. The first-order valence-corrected chi connectivity index (χ1v) is 7.18. The van der Waals surface area contributed by atoms with Crippen molar-refractivity contribution in [2.24, 2.45) is 5.73 Å². The number of nitrogens with two attached hydrogens (primary N) is 1. The molecule has 0 aromatic carbocycles. The Bertz CT molecular complexity index is 434. The molecule has 6 nitrogen and oxygen atoms in total. The zero-order valence-electron chi connectivity index (χ0n) is 12.6. The van der Waals surface area contributed by atoms with Crippen molar-refractivity contribution in [3.8, 4) is 0 Å². The Morgan fingerprint density at radius 1 is 1.25 bits per heavy atom. The van der Waals surface area contributed by atoms with E-state index >= 15 is 0 Å². The molecule has 0 aliphatic heterocycles. The van der Waals surface area contributed by atoms with E-state index in [1.54, 1.807) is 0 Å². The molecule has 0 fully saturated rings. The molecule has 0 unspecified atom stereocenters. The average Bonchev–Trinajstić information content (AvgIpc) is 2.38. The first kappa shape index (κ1) is 16.2. The first-order chi connectivity index (χ1) is 9.52. The summed E-state index contributed by atoms with van der Waals surface area (Å²) in [5.41, 5.74) is 5.10.